The smallest absolute Gasteiger partial charge is 0.251 e. The summed E-state index contributed by atoms with van der Waals surface area (Å²) in [6.45, 7) is 10.5. The molecule has 0 fully saturated rings. The van der Waals surface area contributed by atoms with E-state index in [9.17, 15) is 4.79 Å². The first kappa shape index (κ1) is 17.1. The Kier molecular flexibility index (Phi) is 5.43. The van der Waals surface area contributed by atoms with Crippen LogP contribution in [0.3, 0.4) is 0 Å². The van der Waals surface area contributed by atoms with Gasteiger partial charge in [-0.2, -0.15) is 0 Å². The average molecular weight is 311 g/mol. The zero-order valence-electron chi connectivity index (χ0n) is 14.6. The minimum absolute atomic E-state index is 0.0496. The first-order chi connectivity index (χ1) is 10.9. The molecule has 0 spiro atoms. The quantitative estimate of drug-likeness (QED) is 0.902. The van der Waals surface area contributed by atoms with Crippen LogP contribution in [-0.4, -0.2) is 18.6 Å². The number of carbonyl (C=O) groups is 1. The van der Waals surface area contributed by atoms with Crippen molar-refractivity contribution in [2.24, 2.45) is 0 Å². The lowest BCUT2D eigenvalue weighted by Gasteiger charge is -2.17. The molecule has 0 saturated carbocycles. The maximum atomic E-state index is 12.5. The predicted molar refractivity (Wildman–Crippen MR) is 94.3 cm³/mol. The second-order valence-electron chi connectivity index (χ2n) is 6.20. The summed E-state index contributed by atoms with van der Waals surface area (Å²) in [5, 5.41) is 3.01. The minimum atomic E-state index is -0.0666. The molecule has 0 saturated heterocycles. The number of nitrogens with one attached hydrogen (secondary N) is 1. The van der Waals surface area contributed by atoms with E-state index in [-0.39, 0.29) is 11.9 Å². The van der Waals surface area contributed by atoms with E-state index in [1.165, 1.54) is 5.56 Å². The highest BCUT2D eigenvalue weighted by atomic mass is 16.5. The molecule has 0 heterocycles. The van der Waals surface area contributed by atoms with Gasteiger partial charge in [-0.3, -0.25) is 4.79 Å². The Balaban J connectivity index is 1.97. The summed E-state index contributed by atoms with van der Waals surface area (Å²) in [4.78, 5) is 12.5. The van der Waals surface area contributed by atoms with Crippen molar-refractivity contribution in [2.75, 3.05) is 6.61 Å². The van der Waals surface area contributed by atoms with Crippen molar-refractivity contribution in [1.82, 2.24) is 5.32 Å². The number of carbonyl (C=O) groups excluding carboxylic acids is 1. The van der Waals surface area contributed by atoms with Crippen molar-refractivity contribution in [3.63, 3.8) is 0 Å². The molecule has 3 heteroatoms. The largest absolute Gasteiger partial charge is 0.491 e. The molecule has 3 nitrogen and oxygen atoms in total. The Morgan fingerprint density at radius 1 is 1.00 bits per heavy atom. The number of ether oxygens (including phenoxy) is 1. The number of hydrogen-bond donors (Lipinski definition) is 1. The molecule has 0 unspecified atom stereocenters. The number of amides is 1. The third-order valence-corrected chi connectivity index (χ3v) is 4.05. The summed E-state index contributed by atoms with van der Waals surface area (Å²) < 4.78 is 5.79. The van der Waals surface area contributed by atoms with Crippen LogP contribution in [0.5, 0.6) is 5.75 Å². The number of hydrogen-bond acceptors (Lipinski definition) is 2. The molecule has 0 bridgehead atoms. The van der Waals surface area contributed by atoms with Crippen molar-refractivity contribution in [3.8, 4) is 5.75 Å². The lowest BCUT2D eigenvalue weighted by molar-refractivity contribution is 0.0926. The highest BCUT2D eigenvalue weighted by Gasteiger charge is 2.14. The van der Waals surface area contributed by atoms with Crippen molar-refractivity contribution in [2.45, 2.75) is 40.7 Å². The van der Waals surface area contributed by atoms with E-state index < -0.39 is 0 Å². The molecule has 122 valence electrons. The van der Waals surface area contributed by atoms with Crippen LogP contribution in [0.1, 0.15) is 39.5 Å². The molecule has 2 aromatic carbocycles. The summed E-state index contributed by atoms with van der Waals surface area (Å²) in [6.07, 6.45) is 0. The van der Waals surface area contributed by atoms with Gasteiger partial charge in [-0.05, 0) is 69.0 Å². The molecule has 2 rings (SSSR count). The maximum Gasteiger partial charge on any atom is 0.251 e. The van der Waals surface area contributed by atoms with E-state index in [2.05, 4.69) is 18.3 Å². The monoisotopic (exact) mass is 311 g/mol. The molecular weight excluding hydrogens is 286 g/mol. The van der Waals surface area contributed by atoms with E-state index in [0.717, 1.165) is 28.0 Å². The molecule has 2 aromatic rings. The Morgan fingerprint density at radius 2 is 1.65 bits per heavy atom. The van der Waals surface area contributed by atoms with Crippen LogP contribution < -0.4 is 10.1 Å². The van der Waals surface area contributed by atoms with Gasteiger partial charge in [-0.15, -0.1) is 0 Å². The third kappa shape index (κ3) is 4.35. The van der Waals surface area contributed by atoms with Gasteiger partial charge in [0.25, 0.3) is 5.91 Å². The number of para-hydroxylation sites is 1. The van der Waals surface area contributed by atoms with Crippen molar-refractivity contribution in [3.05, 3.63) is 64.2 Å². The van der Waals surface area contributed by atoms with Gasteiger partial charge in [0.05, 0.1) is 6.04 Å². The topological polar surface area (TPSA) is 38.3 Å². The minimum Gasteiger partial charge on any atom is -0.491 e. The maximum absolute atomic E-state index is 12.5. The summed E-state index contributed by atoms with van der Waals surface area (Å²) >= 11 is 0. The fourth-order valence-electron chi connectivity index (χ4n) is 2.48. The standard InChI is InChI=1S/C20H25NO2/c1-13-8-6-7-9-19(13)23-12-17(5)21-20(22)18-11-15(3)14(2)10-16(18)4/h6-11,17H,12H2,1-5H3,(H,21,22)/t17-/m0/s1. The van der Waals surface area contributed by atoms with Gasteiger partial charge >= 0.3 is 0 Å². The second kappa shape index (κ2) is 7.32. The van der Waals surface area contributed by atoms with E-state index in [1.54, 1.807) is 0 Å². The molecule has 0 aliphatic rings. The fraction of sp³-hybridized carbons (Fsp3) is 0.350. The molecule has 0 radical (unpaired) electrons. The molecular formula is C20H25NO2. The van der Waals surface area contributed by atoms with E-state index in [0.29, 0.717) is 6.61 Å². The van der Waals surface area contributed by atoms with Crippen molar-refractivity contribution < 1.29 is 9.53 Å². The van der Waals surface area contributed by atoms with Crippen molar-refractivity contribution >= 4 is 5.91 Å². The van der Waals surface area contributed by atoms with Gasteiger partial charge in [-0.1, -0.05) is 24.3 Å². The normalized spacial score (nSPS) is 11.9. The zero-order chi connectivity index (χ0) is 17.0. The lowest BCUT2D eigenvalue weighted by Crippen LogP contribution is -2.37. The molecule has 0 aromatic heterocycles. The molecule has 1 N–H and O–H groups in total. The van der Waals surface area contributed by atoms with Gasteiger partial charge in [0.15, 0.2) is 0 Å². The lowest BCUT2D eigenvalue weighted by atomic mass is 10.0. The van der Waals surface area contributed by atoms with Crippen LogP contribution in [0.4, 0.5) is 0 Å². The Hall–Kier alpha value is -2.29. The highest BCUT2D eigenvalue weighted by Crippen LogP contribution is 2.17. The molecule has 1 atom stereocenters. The van der Waals surface area contributed by atoms with Crippen LogP contribution in [0.25, 0.3) is 0 Å². The van der Waals surface area contributed by atoms with E-state index in [4.69, 9.17) is 4.74 Å². The molecule has 0 aliphatic carbocycles. The van der Waals surface area contributed by atoms with Gasteiger partial charge in [0, 0.05) is 5.56 Å². The predicted octanol–water partition coefficient (Wildman–Crippen LogP) is 4.12. The van der Waals surface area contributed by atoms with Crippen LogP contribution in [0.2, 0.25) is 0 Å². The van der Waals surface area contributed by atoms with Crippen LogP contribution in [0.15, 0.2) is 36.4 Å². The fourth-order valence-corrected chi connectivity index (χ4v) is 2.48. The summed E-state index contributed by atoms with van der Waals surface area (Å²) in [7, 11) is 0. The van der Waals surface area contributed by atoms with Crippen molar-refractivity contribution in [1.29, 1.82) is 0 Å². The number of aryl methyl sites for hydroxylation is 4. The Morgan fingerprint density at radius 3 is 2.35 bits per heavy atom. The van der Waals surface area contributed by atoms with E-state index in [1.807, 2.05) is 58.0 Å². The molecule has 23 heavy (non-hydrogen) atoms. The first-order valence-corrected chi connectivity index (χ1v) is 7.95. The van der Waals surface area contributed by atoms with Crippen LogP contribution in [-0.2, 0) is 0 Å². The molecule has 0 aliphatic heterocycles. The third-order valence-electron chi connectivity index (χ3n) is 4.05. The Labute approximate surface area is 138 Å². The summed E-state index contributed by atoms with van der Waals surface area (Å²) in [5.41, 5.74) is 5.16. The average Bonchev–Trinajstić information content (AvgIpc) is 2.50. The highest BCUT2D eigenvalue weighted by molar-refractivity contribution is 5.96. The SMILES string of the molecule is Cc1cc(C)c(C(=O)N[C@@H](C)COc2ccccc2C)cc1C. The first-order valence-electron chi connectivity index (χ1n) is 7.95. The van der Waals surface area contributed by atoms with Gasteiger partial charge in [-0.25, -0.2) is 0 Å². The second-order valence-corrected chi connectivity index (χ2v) is 6.20. The zero-order valence-corrected chi connectivity index (χ0v) is 14.6. The van der Waals surface area contributed by atoms with Gasteiger partial charge in [0.2, 0.25) is 0 Å². The molecule has 1 amide bonds. The van der Waals surface area contributed by atoms with Crippen LogP contribution in [0, 0.1) is 27.7 Å². The Bertz CT molecular complexity index is 707. The van der Waals surface area contributed by atoms with Gasteiger partial charge < -0.3 is 10.1 Å². The number of benzene rings is 2. The van der Waals surface area contributed by atoms with Crippen LogP contribution >= 0.6 is 0 Å². The van der Waals surface area contributed by atoms with Gasteiger partial charge in [0.1, 0.15) is 12.4 Å². The number of rotatable bonds is 5. The summed E-state index contributed by atoms with van der Waals surface area (Å²) in [5.74, 6) is 0.808. The summed E-state index contributed by atoms with van der Waals surface area (Å²) in [6, 6.07) is 11.8. The van der Waals surface area contributed by atoms with E-state index >= 15 is 0 Å².